The maximum Gasteiger partial charge on any atom is 0.407 e. The van der Waals surface area contributed by atoms with Crippen LogP contribution in [0.2, 0.25) is 0 Å². The van der Waals surface area contributed by atoms with E-state index in [1.54, 1.807) is 0 Å². The zero-order valence-electron chi connectivity index (χ0n) is 6.46. The molecule has 11 heavy (non-hydrogen) atoms. The number of hydrogen-bond acceptors (Lipinski definition) is 3. The quantitative estimate of drug-likeness (QED) is 0.506. The van der Waals surface area contributed by atoms with Gasteiger partial charge in [-0.2, -0.15) is 0 Å². The molecule has 2 aliphatic rings. The van der Waals surface area contributed by atoms with Gasteiger partial charge in [-0.1, -0.05) is 6.92 Å². The number of nitrogens with one attached hydrogen (secondary N) is 2. The summed E-state index contributed by atoms with van der Waals surface area (Å²) in [5.74, 6) is 0.424. The maximum atomic E-state index is 10.8. The highest BCUT2D eigenvalue weighted by Gasteiger charge is 2.39. The lowest BCUT2D eigenvalue weighted by Gasteiger charge is -2.28. The summed E-state index contributed by atoms with van der Waals surface area (Å²) in [5, 5.41) is 5.99. The first-order valence-electron chi connectivity index (χ1n) is 3.95. The van der Waals surface area contributed by atoms with Gasteiger partial charge in [0.2, 0.25) is 0 Å². The van der Waals surface area contributed by atoms with E-state index in [1.807, 2.05) is 0 Å². The SMILES string of the molecule is C[C@H]1CNC[C@H]2NC(=O)OC12. The van der Waals surface area contributed by atoms with Gasteiger partial charge in [-0.05, 0) is 0 Å². The van der Waals surface area contributed by atoms with Gasteiger partial charge in [-0.25, -0.2) is 4.79 Å². The third-order valence-corrected chi connectivity index (χ3v) is 2.33. The van der Waals surface area contributed by atoms with Crippen molar-refractivity contribution in [1.29, 1.82) is 0 Å². The Bertz CT molecular complexity index is 183. The number of piperidine rings is 1. The molecule has 4 heteroatoms. The van der Waals surface area contributed by atoms with E-state index in [0.717, 1.165) is 13.1 Å². The summed E-state index contributed by atoms with van der Waals surface area (Å²) >= 11 is 0. The third-order valence-electron chi connectivity index (χ3n) is 2.33. The van der Waals surface area contributed by atoms with Crippen LogP contribution in [0.25, 0.3) is 0 Å². The highest BCUT2D eigenvalue weighted by atomic mass is 16.6. The lowest BCUT2D eigenvalue weighted by Crippen LogP contribution is -2.51. The minimum atomic E-state index is -0.268. The Hall–Kier alpha value is -0.770. The van der Waals surface area contributed by atoms with Crippen molar-refractivity contribution in [2.45, 2.75) is 19.1 Å². The summed E-state index contributed by atoms with van der Waals surface area (Å²) in [6.45, 7) is 3.86. The molecule has 3 atom stereocenters. The molecular formula is C7H12N2O2. The van der Waals surface area contributed by atoms with Gasteiger partial charge >= 0.3 is 6.09 Å². The summed E-state index contributed by atoms with van der Waals surface area (Å²) in [6, 6.07) is 0.186. The second-order valence-electron chi connectivity index (χ2n) is 3.26. The van der Waals surface area contributed by atoms with E-state index in [1.165, 1.54) is 0 Å². The highest BCUT2D eigenvalue weighted by molar-refractivity contribution is 5.70. The predicted octanol–water partition coefficient (Wildman–Crippen LogP) is -0.297. The Morgan fingerprint density at radius 1 is 1.55 bits per heavy atom. The molecule has 2 fully saturated rings. The molecule has 62 valence electrons. The predicted molar refractivity (Wildman–Crippen MR) is 39.2 cm³/mol. The van der Waals surface area contributed by atoms with Crippen molar-refractivity contribution in [3.63, 3.8) is 0 Å². The van der Waals surface area contributed by atoms with Gasteiger partial charge in [-0.3, -0.25) is 0 Å². The number of hydrogen-bond donors (Lipinski definition) is 2. The van der Waals surface area contributed by atoms with Crippen LogP contribution in [0.15, 0.2) is 0 Å². The van der Waals surface area contributed by atoms with Crippen molar-refractivity contribution in [1.82, 2.24) is 10.6 Å². The fourth-order valence-corrected chi connectivity index (χ4v) is 1.74. The number of amides is 1. The Kier molecular flexibility index (Phi) is 1.49. The molecule has 0 bridgehead atoms. The number of carbonyl (C=O) groups excluding carboxylic acids is 1. The van der Waals surface area contributed by atoms with Crippen LogP contribution in [0, 0.1) is 5.92 Å². The topological polar surface area (TPSA) is 50.4 Å². The zero-order valence-corrected chi connectivity index (χ0v) is 6.46. The van der Waals surface area contributed by atoms with Crippen LogP contribution in [0.4, 0.5) is 4.79 Å². The van der Waals surface area contributed by atoms with Gasteiger partial charge in [0.1, 0.15) is 6.10 Å². The Morgan fingerprint density at radius 2 is 2.36 bits per heavy atom. The normalized spacial score (nSPS) is 42.6. The van der Waals surface area contributed by atoms with Crippen molar-refractivity contribution in [3.8, 4) is 0 Å². The van der Waals surface area contributed by atoms with Gasteiger partial charge in [0, 0.05) is 19.0 Å². The zero-order chi connectivity index (χ0) is 7.84. The second-order valence-corrected chi connectivity index (χ2v) is 3.26. The molecule has 4 nitrogen and oxygen atoms in total. The van der Waals surface area contributed by atoms with E-state index in [-0.39, 0.29) is 18.2 Å². The Balaban J connectivity index is 2.09. The van der Waals surface area contributed by atoms with Gasteiger partial charge in [-0.15, -0.1) is 0 Å². The molecule has 1 unspecified atom stereocenters. The van der Waals surface area contributed by atoms with Crippen molar-refractivity contribution in [3.05, 3.63) is 0 Å². The number of fused-ring (bicyclic) bond motifs is 1. The minimum Gasteiger partial charge on any atom is -0.444 e. The molecule has 0 saturated carbocycles. The lowest BCUT2D eigenvalue weighted by molar-refractivity contribution is 0.0831. The van der Waals surface area contributed by atoms with Crippen LogP contribution in [0.5, 0.6) is 0 Å². The van der Waals surface area contributed by atoms with Crippen LogP contribution in [0.1, 0.15) is 6.92 Å². The van der Waals surface area contributed by atoms with Gasteiger partial charge in [0.05, 0.1) is 6.04 Å². The smallest absolute Gasteiger partial charge is 0.407 e. The molecule has 0 aliphatic carbocycles. The number of rotatable bonds is 0. The summed E-state index contributed by atoms with van der Waals surface area (Å²) < 4.78 is 5.09. The third kappa shape index (κ3) is 1.07. The molecule has 2 saturated heterocycles. The van der Waals surface area contributed by atoms with E-state index < -0.39 is 0 Å². The second kappa shape index (κ2) is 2.37. The van der Waals surface area contributed by atoms with E-state index >= 15 is 0 Å². The summed E-state index contributed by atoms with van der Waals surface area (Å²) in [5.41, 5.74) is 0. The molecule has 0 aromatic carbocycles. The van der Waals surface area contributed by atoms with Crippen molar-refractivity contribution < 1.29 is 9.53 Å². The molecule has 2 N–H and O–H groups in total. The number of ether oxygens (including phenoxy) is 1. The number of alkyl carbamates (subject to hydrolysis) is 1. The fourth-order valence-electron chi connectivity index (χ4n) is 1.74. The van der Waals surface area contributed by atoms with Crippen molar-refractivity contribution in [2.24, 2.45) is 5.92 Å². The standard InChI is InChI=1S/C7H12N2O2/c1-4-2-8-3-5-6(4)11-7(10)9-5/h4-6,8H,2-3H2,1H3,(H,9,10)/t4-,5+,6?/m0/s1. The summed E-state index contributed by atoms with van der Waals surface area (Å²) in [7, 11) is 0. The average Bonchev–Trinajstić information content (AvgIpc) is 2.31. The minimum absolute atomic E-state index is 0.0868. The fraction of sp³-hybridized carbons (Fsp3) is 0.857. The van der Waals surface area contributed by atoms with E-state index in [4.69, 9.17) is 4.74 Å². The highest BCUT2D eigenvalue weighted by Crippen LogP contribution is 2.19. The molecule has 0 radical (unpaired) electrons. The molecular weight excluding hydrogens is 144 g/mol. The summed E-state index contributed by atoms with van der Waals surface area (Å²) in [6.07, 6.45) is -0.181. The molecule has 2 rings (SSSR count). The van der Waals surface area contributed by atoms with Crippen molar-refractivity contribution >= 4 is 6.09 Å². The maximum absolute atomic E-state index is 10.8. The van der Waals surface area contributed by atoms with Crippen LogP contribution in [0.3, 0.4) is 0 Å². The van der Waals surface area contributed by atoms with Gasteiger partial charge < -0.3 is 15.4 Å². The molecule has 0 spiro atoms. The van der Waals surface area contributed by atoms with Crippen LogP contribution in [-0.2, 0) is 4.74 Å². The molecule has 0 aromatic rings. The van der Waals surface area contributed by atoms with E-state index in [2.05, 4.69) is 17.6 Å². The first kappa shape index (κ1) is 6.91. The Morgan fingerprint density at radius 3 is 3.09 bits per heavy atom. The molecule has 2 aliphatic heterocycles. The monoisotopic (exact) mass is 156 g/mol. The van der Waals surface area contributed by atoms with Crippen molar-refractivity contribution in [2.75, 3.05) is 13.1 Å². The number of carbonyl (C=O) groups is 1. The van der Waals surface area contributed by atoms with E-state index in [9.17, 15) is 4.79 Å². The van der Waals surface area contributed by atoms with Gasteiger partial charge in [0.25, 0.3) is 0 Å². The molecule has 0 aromatic heterocycles. The van der Waals surface area contributed by atoms with Crippen LogP contribution >= 0.6 is 0 Å². The van der Waals surface area contributed by atoms with E-state index in [0.29, 0.717) is 5.92 Å². The van der Waals surface area contributed by atoms with Crippen LogP contribution in [-0.4, -0.2) is 31.3 Å². The Labute approximate surface area is 65.3 Å². The summed E-state index contributed by atoms with van der Waals surface area (Å²) in [4.78, 5) is 10.8. The van der Waals surface area contributed by atoms with Gasteiger partial charge in [0.15, 0.2) is 0 Å². The molecule has 1 amide bonds. The molecule has 2 heterocycles. The average molecular weight is 156 g/mol. The first-order chi connectivity index (χ1) is 5.27. The first-order valence-corrected chi connectivity index (χ1v) is 3.95. The lowest BCUT2D eigenvalue weighted by atomic mass is 9.95. The largest absolute Gasteiger partial charge is 0.444 e. The van der Waals surface area contributed by atoms with Crippen LogP contribution < -0.4 is 10.6 Å².